The Kier molecular flexibility index (Phi) is 4.61. The van der Waals surface area contributed by atoms with E-state index < -0.39 is 10.0 Å². The Morgan fingerprint density at radius 2 is 1.96 bits per heavy atom. The summed E-state index contributed by atoms with van der Waals surface area (Å²) in [4.78, 5) is 14.5. The number of carbonyl (C=O) groups is 1. The third kappa shape index (κ3) is 3.09. The number of fused-ring (bicyclic) bond motifs is 3. The molecule has 0 N–H and O–H groups in total. The Morgan fingerprint density at radius 3 is 2.74 bits per heavy atom. The van der Waals surface area contributed by atoms with Gasteiger partial charge in [-0.1, -0.05) is 35.9 Å². The number of benzene rings is 2. The van der Waals surface area contributed by atoms with Crippen LogP contribution in [0.15, 0.2) is 47.4 Å². The van der Waals surface area contributed by atoms with Crippen LogP contribution in [0.1, 0.15) is 17.2 Å². The van der Waals surface area contributed by atoms with E-state index in [1.165, 1.54) is 23.5 Å². The summed E-state index contributed by atoms with van der Waals surface area (Å²) in [6.07, 6.45) is 0.785. The lowest BCUT2D eigenvalue weighted by molar-refractivity contribution is -0.138. The Labute approximate surface area is 163 Å². The molecule has 2 heterocycles. The Bertz CT molecular complexity index is 1010. The molecule has 1 amide bonds. The van der Waals surface area contributed by atoms with Gasteiger partial charge in [0.05, 0.1) is 19.7 Å². The molecule has 8 heteroatoms. The second kappa shape index (κ2) is 6.82. The maximum atomic E-state index is 13.3. The molecule has 0 bridgehead atoms. The summed E-state index contributed by atoms with van der Waals surface area (Å²) >= 11 is 6.01. The first-order valence-corrected chi connectivity index (χ1v) is 10.4. The molecule has 1 fully saturated rings. The van der Waals surface area contributed by atoms with Gasteiger partial charge in [0.1, 0.15) is 10.6 Å². The maximum Gasteiger partial charge on any atom is 0.247 e. The molecule has 1 saturated heterocycles. The molecule has 0 saturated carbocycles. The molecule has 0 aromatic heterocycles. The van der Waals surface area contributed by atoms with Crippen molar-refractivity contribution in [2.75, 3.05) is 26.7 Å². The van der Waals surface area contributed by atoms with Crippen LogP contribution in [0.4, 0.5) is 0 Å². The van der Waals surface area contributed by atoms with Crippen molar-refractivity contribution in [1.29, 1.82) is 0 Å². The van der Waals surface area contributed by atoms with E-state index in [9.17, 15) is 13.2 Å². The number of hydrogen-bond acceptors (Lipinski definition) is 4. The third-order valence-electron chi connectivity index (χ3n) is 5.16. The quantitative estimate of drug-likeness (QED) is 0.785. The van der Waals surface area contributed by atoms with Crippen LogP contribution in [-0.4, -0.2) is 50.3 Å². The first-order valence-electron chi connectivity index (χ1n) is 8.63. The standard InChI is InChI=1S/C19H19ClN2O4S/c1-26-17-7-6-14(20)10-18(17)27(24,25)21-11-16-15-5-3-2-4-13(15)8-9-22(16)19(23)12-21/h2-7,10,16H,8-9,11-12H2,1H3/t16-/m0/s1. The molecule has 0 aliphatic carbocycles. The fraction of sp³-hybridized carbons (Fsp3) is 0.316. The maximum absolute atomic E-state index is 13.3. The Morgan fingerprint density at radius 1 is 1.19 bits per heavy atom. The molecular formula is C19H19ClN2O4S. The van der Waals surface area contributed by atoms with Crippen molar-refractivity contribution < 1.29 is 17.9 Å². The molecule has 2 aliphatic heterocycles. The molecule has 4 rings (SSSR count). The van der Waals surface area contributed by atoms with E-state index >= 15 is 0 Å². The number of carbonyl (C=O) groups excluding carboxylic acids is 1. The Balaban J connectivity index is 1.74. The third-order valence-corrected chi connectivity index (χ3v) is 7.23. The Hall–Kier alpha value is -2.09. The van der Waals surface area contributed by atoms with Gasteiger partial charge in [0.15, 0.2) is 0 Å². The van der Waals surface area contributed by atoms with Gasteiger partial charge >= 0.3 is 0 Å². The fourth-order valence-electron chi connectivity index (χ4n) is 3.82. The molecule has 2 aromatic carbocycles. The lowest BCUT2D eigenvalue weighted by atomic mass is 9.91. The average Bonchev–Trinajstić information content (AvgIpc) is 2.67. The minimum absolute atomic E-state index is 0.0251. The van der Waals surface area contributed by atoms with E-state index in [0.29, 0.717) is 11.6 Å². The summed E-state index contributed by atoms with van der Waals surface area (Å²) in [6, 6.07) is 12.0. The zero-order valence-corrected chi connectivity index (χ0v) is 16.3. The van der Waals surface area contributed by atoms with Crippen LogP contribution in [0.3, 0.4) is 0 Å². The molecule has 0 spiro atoms. The van der Waals surface area contributed by atoms with E-state index in [-0.39, 0.29) is 35.7 Å². The predicted octanol–water partition coefficient (Wildman–Crippen LogP) is 2.48. The van der Waals surface area contributed by atoms with Crippen molar-refractivity contribution >= 4 is 27.5 Å². The molecule has 1 atom stereocenters. The zero-order valence-electron chi connectivity index (χ0n) is 14.8. The lowest BCUT2D eigenvalue weighted by Gasteiger charge is -2.44. The number of piperazine rings is 1. The number of rotatable bonds is 3. The molecule has 0 radical (unpaired) electrons. The first kappa shape index (κ1) is 18.3. The summed E-state index contributed by atoms with van der Waals surface area (Å²) in [6.45, 7) is 0.631. The van der Waals surface area contributed by atoms with Gasteiger partial charge in [0.2, 0.25) is 15.9 Å². The van der Waals surface area contributed by atoms with Crippen molar-refractivity contribution in [1.82, 2.24) is 9.21 Å². The second-order valence-electron chi connectivity index (χ2n) is 6.64. The van der Waals surface area contributed by atoms with Crippen molar-refractivity contribution in [3.8, 4) is 5.75 Å². The van der Waals surface area contributed by atoms with Crippen LogP contribution in [0.25, 0.3) is 0 Å². The predicted molar refractivity (Wildman–Crippen MR) is 101 cm³/mol. The van der Waals surface area contributed by atoms with Gasteiger partial charge in [0.25, 0.3) is 0 Å². The largest absolute Gasteiger partial charge is 0.495 e. The van der Waals surface area contributed by atoms with Crippen LogP contribution >= 0.6 is 11.6 Å². The number of nitrogens with zero attached hydrogens (tertiary/aromatic N) is 2. The van der Waals surface area contributed by atoms with Crippen LogP contribution in [0.2, 0.25) is 5.02 Å². The molecule has 6 nitrogen and oxygen atoms in total. The van der Waals surface area contributed by atoms with Gasteiger partial charge in [-0.2, -0.15) is 4.31 Å². The number of halogens is 1. The molecule has 142 valence electrons. The van der Waals surface area contributed by atoms with Crippen molar-refractivity contribution in [3.05, 3.63) is 58.6 Å². The van der Waals surface area contributed by atoms with Crippen molar-refractivity contribution in [2.45, 2.75) is 17.4 Å². The van der Waals surface area contributed by atoms with E-state index in [2.05, 4.69) is 0 Å². The van der Waals surface area contributed by atoms with Crippen molar-refractivity contribution in [3.63, 3.8) is 0 Å². The summed E-state index contributed by atoms with van der Waals surface area (Å²) < 4.78 is 33.0. The van der Waals surface area contributed by atoms with E-state index in [1.54, 1.807) is 11.0 Å². The van der Waals surface area contributed by atoms with Gasteiger partial charge in [-0.15, -0.1) is 0 Å². The molecular weight excluding hydrogens is 388 g/mol. The van der Waals surface area contributed by atoms with Crippen molar-refractivity contribution in [2.24, 2.45) is 0 Å². The second-order valence-corrected chi connectivity index (χ2v) is 8.99. The average molecular weight is 407 g/mol. The minimum atomic E-state index is -3.94. The van der Waals surface area contributed by atoms with E-state index in [0.717, 1.165) is 17.5 Å². The van der Waals surface area contributed by atoms with Crippen LogP contribution < -0.4 is 4.74 Å². The molecule has 2 aliphatic rings. The zero-order chi connectivity index (χ0) is 19.2. The number of methoxy groups -OCH3 is 1. The highest BCUT2D eigenvalue weighted by atomic mass is 35.5. The van der Waals surface area contributed by atoms with Gasteiger partial charge in [-0.3, -0.25) is 4.79 Å². The number of hydrogen-bond donors (Lipinski definition) is 0. The highest BCUT2D eigenvalue weighted by Gasteiger charge is 2.42. The van der Waals surface area contributed by atoms with Crippen LogP contribution in [-0.2, 0) is 21.2 Å². The van der Waals surface area contributed by atoms with Gasteiger partial charge in [-0.05, 0) is 35.7 Å². The normalized spacial score (nSPS) is 20.1. The van der Waals surface area contributed by atoms with E-state index in [1.807, 2.05) is 24.3 Å². The SMILES string of the molecule is COc1ccc(Cl)cc1S(=O)(=O)N1CC(=O)N2CCc3ccccc3[C@@H]2C1. The van der Waals surface area contributed by atoms with Gasteiger partial charge in [-0.25, -0.2) is 8.42 Å². The van der Waals surface area contributed by atoms with Crippen LogP contribution in [0.5, 0.6) is 5.75 Å². The van der Waals surface area contributed by atoms with E-state index in [4.69, 9.17) is 16.3 Å². The van der Waals surface area contributed by atoms with Crippen LogP contribution in [0, 0.1) is 0 Å². The summed E-state index contributed by atoms with van der Waals surface area (Å²) in [5, 5.41) is 0.294. The smallest absolute Gasteiger partial charge is 0.247 e. The minimum Gasteiger partial charge on any atom is -0.495 e. The molecule has 27 heavy (non-hydrogen) atoms. The topological polar surface area (TPSA) is 66.9 Å². The number of ether oxygens (including phenoxy) is 1. The highest BCUT2D eigenvalue weighted by molar-refractivity contribution is 7.89. The summed E-state index contributed by atoms with van der Waals surface area (Å²) in [7, 11) is -2.53. The fourth-order valence-corrected chi connectivity index (χ4v) is 5.63. The summed E-state index contributed by atoms with van der Waals surface area (Å²) in [5.74, 6) is 0.0173. The molecule has 2 aromatic rings. The highest BCUT2D eigenvalue weighted by Crippen LogP contribution is 2.36. The van der Waals surface area contributed by atoms with Gasteiger partial charge in [0, 0.05) is 18.1 Å². The lowest BCUT2D eigenvalue weighted by Crippen LogP contribution is -2.55. The number of sulfonamides is 1. The summed E-state index contributed by atoms with van der Waals surface area (Å²) in [5.41, 5.74) is 2.17. The number of amides is 1. The first-order chi connectivity index (χ1) is 12.9. The monoisotopic (exact) mass is 406 g/mol. The molecule has 0 unspecified atom stereocenters. The van der Waals surface area contributed by atoms with Gasteiger partial charge < -0.3 is 9.64 Å².